The number of hydrogen-bond acceptors (Lipinski definition) is 2. The summed E-state index contributed by atoms with van der Waals surface area (Å²) in [4.78, 5) is 18.0. The van der Waals surface area contributed by atoms with E-state index in [4.69, 9.17) is 5.11 Å². The van der Waals surface area contributed by atoms with Gasteiger partial charge >= 0.3 is 5.97 Å². The molecule has 0 radical (unpaired) electrons. The first kappa shape index (κ1) is 10.2. The van der Waals surface area contributed by atoms with Crippen molar-refractivity contribution in [1.82, 2.24) is 9.97 Å². The lowest BCUT2D eigenvalue weighted by atomic mass is 10.1. The minimum Gasteiger partial charge on any atom is -0.481 e. The number of carboxylic acid groups (broad SMARTS) is 1. The lowest BCUT2D eigenvalue weighted by molar-refractivity contribution is -0.138. The van der Waals surface area contributed by atoms with Crippen molar-refractivity contribution in [2.75, 3.05) is 0 Å². The molecule has 1 atom stereocenters. The molecule has 78 valence electrons. The Morgan fingerprint density at radius 3 is 3.00 bits per heavy atom. The minimum atomic E-state index is -0.847. The van der Waals surface area contributed by atoms with Gasteiger partial charge in [-0.2, -0.15) is 0 Å². The van der Waals surface area contributed by atoms with Crippen LogP contribution in [-0.4, -0.2) is 21.0 Å². The fourth-order valence-electron chi connectivity index (χ4n) is 1.37. The van der Waals surface area contributed by atoms with Crippen LogP contribution in [0.3, 0.4) is 0 Å². The van der Waals surface area contributed by atoms with Crippen LogP contribution in [0.15, 0.2) is 22.8 Å². The molecule has 0 saturated carbocycles. The molecule has 0 aliphatic heterocycles. The topological polar surface area (TPSA) is 66.0 Å². The zero-order valence-corrected chi connectivity index (χ0v) is 9.58. The number of pyridine rings is 1. The fourth-order valence-corrected chi connectivity index (χ4v) is 1.70. The Hall–Kier alpha value is -1.36. The molecule has 2 aromatic heterocycles. The van der Waals surface area contributed by atoms with Crippen LogP contribution >= 0.6 is 15.9 Å². The molecule has 15 heavy (non-hydrogen) atoms. The number of fused-ring (bicyclic) bond motifs is 1. The molecule has 0 aromatic carbocycles. The molecule has 0 spiro atoms. The Bertz CT molecular complexity index is 521. The molecule has 1 unspecified atom stereocenters. The van der Waals surface area contributed by atoms with Gasteiger partial charge in [-0.25, -0.2) is 0 Å². The number of aliphatic carboxylic acids is 1. The number of rotatable bonds is 2. The molecular weight excluding hydrogens is 260 g/mol. The summed E-state index contributed by atoms with van der Waals surface area (Å²) in [7, 11) is 0. The van der Waals surface area contributed by atoms with Gasteiger partial charge in [-0.3, -0.25) is 9.78 Å². The van der Waals surface area contributed by atoms with Crippen molar-refractivity contribution in [1.29, 1.82) is 0 Å². The van der Waals surface area contributed by atoms with Gasteiger partial charge in [0.25, 0.3) is 0 Å². The highest BCUT2D eigenvalue weighted by Gasteiger charge is 2.16. The van der Waals surface area contributed by atoms with Crippen molar-refractivity contribution in [3.63, 3.8) is 0 Å². The third-order valence-corrected chi connectivity index (χ3v) is 2.73. The number of aromatic amines is 1. The van der Waals surface area contributed by atoms with E-state index in [1.165, 1.54) is 0 Å². The van der Waals surface area contributed by atoms with Gasteiger partial charge in [0.1, 0.15) is 0 Å². The Balaban J connectivity index is 2.51. The third kappa shape index (κ3) is 1.87. The van der Waals surface area contributed by atoms with Crippen LogP contribution in [0.25, 0.3) is 11.0 Å². The van der Waals surface area contributed by atoms with E-state index >= 15 is 0 Å². The monoisotopic (exact) mass is 268 g/mol. The molecule has 2 heterocycles. The highest BCUT2D eigenvalue weighted by molar-refractivity contribution is 9.10. The second-order valence-electron chi connectivity index (χ2n) is 3.37. The first-order valence-electron chi connectivity index (χ1n) is 4.45. The van der Waals surface area contributed by atoms with Crippen LogP contribution in [0.2, 0.25) is 0 Å². The number of hydrogen-bond donors (Lipinski definition) is 2. The van der Waals surface area contributed by atoms with Gasteiger partial charge in [-0.1, -0.05) is 0 Å². The van der Waals surface area contributed by atoms with Gasteiger partial charge in [0.15, 0.2) is 0 Å². The van der Waals surface area contributed by atoms with E-state index in [2.05, 4.69) is 25.9 Å². The summed E-state index contributed by atoms with van der Waals surface area (Å²) < 4.78 is 0.867. The average Bonchev–Trinajstić information content (AvgIpc) is 2.58. The van der Waals surface area contributed by atoms with Crippen molar-refractivity contribution in [2.24, 2.45) is 0 Å². The zero-order valence-electron chi connectivity index (χ0n) is 7.99. The summed E-state index contributed by atoms with van der Waals surface area (Å²) in [5.74, 6) is -1.39. The molecular formula is C10H9BrN2O2. The Labute approximate surface area is 94.5 Å². The lowest BCUT2D eigenvalue weighted by Crippen LogP contribution is -2.07. The zero-order chi connectivity index (χ0) is 11.0. The van der Waals surface area contributed by atoms with Gasteiger partial charge < -0.3 is 10.1 Å². The maximum Gasteiger partial charge on any atom is 0.312 e. The number of nitrogens with zero attached hydrogens (tertiary/aromatic N) is 1. The maximum atomic E-state index is 10.8. The summed E-state index contributed by atoms with van der Waals surface area (Å²) in [5, 5.41) is 8.87. The standard InChI is InChI=1S/C10H9BrN2O2/c1-5(10(14)15)7-3-8-9(13-7)2-6(11)4-12-8/h2-5,13H,1H3,(H,14,15). The van der Waals surface area contributed by atoms with Gasteiger partial charge in [-0.15, -0.1) is 0 Å². The van der Waals surface area contributed by atoms with E-state index in [0.717, 1.165) is 15.5 Å². The first-order chi connectivity index (χ1) is 7.08. The molecule has 2 N–H and O–H groups in total. The van der Waals surface area contributed by atoms with Crippen LogP contribution < -0.4 is 0 Å². The van der Waals surface area contributed by atoms with Crippen molar-refractivity contribution in [2.45, 2.75) is 12.8 Å². The molecule has 0 aliphatic rings. The second-order valence-corrected chi connectivity index (χ2v) is 4.29. The predicted octanol–water partition coefficient (Wildman–Crippen LogP) is 2.51. The number of carboxylic acids is 1. The first-order valence-corrected chi connectivity index (χ1v) is 5.24. The largest absolute Gasteiger partial charge is 0.481 e. The van der Waals surface area contributed by atoms with Crippen molar-refractivity contribution >= 4 is 32.9 Å². The normalized spacial score (nSPS) is 12.9. The summed E-state index contributed by atoms with van der Waals surface area (Å²) in [6, 6.07) is 3.64. The van der Waals surface area contributed by atoms with Crippen LogP contribution in [0.4, 0.5) is 0 Å². The van der Waals surface area contributed by atoms with Crippen molar-refractivity contribution in [3.8, 4) is 0 Å². The number of H-pyrrole nitrogens is 1. The molecule has 0 amide bonds. The van der Waals surface area contributed by atoms with Crippen molar-refractivity contribution < 1.29 is 9.90 Å². The summed E-state index contributed by atoms with van der Waals surface area (Å²) in [6.45, 7) is 1.64. The van der Waals surface area contributed by atoms with Gasteiger partial charge in [0.2, 0.25) is 0 Å². The van der Waals surface area contributed by atoms with Crippen LogP contribution in [0, 0.1) is 0 Å². The SMILES string of the molecule is CC(C(=O)O)c1cc2ncc(Br)cc2[nH]1. The molecule has 0 bridgehead atoms. The molecule has 2 rings (SSSR count). The van der Waals surface area contributed by atoms with Crippen LogP contribution in [0.1, 0.15) is 18.5 Å². The fraction of sp³-hybridized carbons (Fsp3) is 0.200. The Morgan fingerprint density at radius 1 is 1.60 bits per heavy atom. The van der Waals surface area contributed by atoms with Gasteiger partial charge in [-0.05, 0) is 35.0 Å². The molecule has 4 nitrogen and oxygen atoms in total. The molecule has 2 aromatic rings. The van der Waals surface area contributed by atoms with Crippen LogP contribution in [-0.2, 0) is 4.79 Å². The second kappa shape index (κ2) is 3.66. The number of halogens is 1. The minimum absolute atomic E-state index is 0.544. The summed E-state index contributed by atoms with van der Waals surface area (Å²) in [5.41, 5.74) is 2.29. The number of aromatic nitrogens is 2. The maximum absolute atomic E-state index is 10.8. The van der Waals surface area contributed by atoms with E-state index in [1.807, 2.05) is 6.07 Å². The molecule has 0 aliphatic carbocycles. The smallest absolute Gasteiger partial charge is 0.312 e. The van der Waals surface area contributed by atoms with Crippen LogP contribution in [0.5, 0.6) is 0 Å². The predicted molar refractivity (Wildman–Crippen MR) is 59.8 cm³/mol. The Morgan fingerprint density at radius 2 is 2.33 bits per heavy atom. The highest BCUT2D eigenvalue weighted by Crippen LogP contribution is 2.22. The molecule has 5 heteroatoms. The number of nitrogens with one attached hydrogen (secondary N) is 1. The third-order valence-electron chi connectivity index (χ3n) is 2.29. The summed E-state index contributed by atoms with van der Waals surface area (Å²) >= 11 is 3.31. The van der Waals surface area contributed by atoms with E-state index < -0.39 is 11.9 Å². The molecule has 0 fully saturated rings. The van der Waals surface area contributed by atoms with E-state index in [1.54, 1.807) is 19.2 Å². The number of carbonyl (C=O) groups is 1. The van der Waals surface area contributed by atoms with Gasteiger partial charge in [0, 0.05) is 16.4 Å². The molecule has 0 saturated heterocycles. The quantitative estimate of drug-likeness (QED) is 0.880. The van der Waals surface area contributed by atoms with E-state index in [9.17, 15) is 4.79 Å². The average molecular weight is 269 g/mol. The van der Waals surface area contributed by atoms with Gasteiger partial charge in [0.05, 0.1) is 17.0 Å². The summed E-state index contributed by atoms with van der Waals surface area (Å²) in [6.07, 6.45) is 1.69. The van der Waals surface area contributed by atoms with E-state index in [-0.39, 0.29) is 0 Å². The highest BCUT2D eigenvalue weighted by atomic mass is 79.9. The van der Waals surface area contributed by atoms with Crippen molar-refractivity contribution in [3.05, 3.63) is 28.5 Å². The lowest BCUT2D eigenvalue weighted by Gasteiger charge is -2.00. The Kier molecular flexibility index (Phi) is 2.48. The van der Waals surface area contributed by atoms with E-state index in [0.29, 0.717) is 5.69 Å².